The molecule has 0 radical (unpaired) electrons. The second-order valence-corrected chi connectivity index (χ2v) is 4.61. The zero-order valence-corrected chi connectivity index (χ0v) is 10.00. The van der Waals surface area contributed by atoms with Gasteiger partial charge in [-0.25, -0.2) is 0 Å². The Bertz CT molecular complexity index is 158. The lowest BCUT2D eigenvalue weighted by atomic mass is 9.95. The second kappa shape index (κ2) is 5.72. The summed E-state index contributed by atoms with van der Waals surface area (Å²) in [6.07, 6.45) is 6.51. The first kappa shape index (κ1) is 12.0. The highest BCUT2D eigenvalue weighted by Crippen LogP contribution is 2.23. The summed E-state index contributed by atoms with van der Waals surface area (Å²) in [5, 5.41) is 0. The van der Waals surface area contributed by atoms with Crippen molar-refractivity contribution in [2.24, 2.45) is 5.73 Å². The van der Waals surface area contributed by atoms with Crippen molar-refractivity contribution in [2.75, 3.05) is 6.54 Å². The smallest absolute Gasteiger partial charge is 0.0221 e. The normalized spacial score (nSPS) is 28.7. The molecule has 0 aromatic rings. The lowest BCUT2D eigenvalue weighted by Gasteiger charge is -2.41. The van der Waals surface area contributed by atoms with Gasteiger partial charge in [0.1, 0.15) is 0 Å². The van der Waals surface area contributed by atoms with Crippen LogP contribution in [0.3, 0.4) is 0 Å². The van der Waals surface area contributed by atoms with E-state index in [9.17, 15) is 0 Å². The number of hydrogen-bond donors (Lipinski definition) is 1. The van der Waals surface area contributed by atoms with Gasteiger partial charge in [0, 0.05) is 18.1 Å². The first-order chi connectivity index (χ1) is 6.70. The largest absolute Gasteiger partial charge is 0.326 e. The summed E-state index contributed by atoms with van der Waals surface area (Å²) < 4.78 is 0. The van der Waals surface area contributed by atoms with Gasteiger partial charge < -0.3 is 5.73 Å². The van der Waals surface area contributed by atoms with Crippen LogP contribution in [0.4, 0.5) is 0 Å². The van der Waals surface area contributed by atoms with E-state index in [2.05, 4.69) is 25.7 Å². The fourth-order valence-electron chi connectivity index (χ4n) is 2.58. The molecule has 0 amide bonds. The molecule has 1 fully saturated rings. The van der Waals surface area contributed by atoms with Gasteiger partial charge in [0.15, 0.2) is 0 Å². The highest BCUT2D eigenvalue weighted by Gasteiger charge is 2.27. The van der Waals surface area contributed by atoms with E-state index in [0.29, 0.717) is 12.1 Å². The molecule has 0 spiro atoms. The molecule has 2 nitrogen and oxygen atoms in total. The van der Waals surface area contributed by atoms with Crippen LogP contribution in [0.2, 0.25) is 0 Å². The standard InChI is InChI=1S/C12H26N2/c1-4-11-8-6-7-9-14(11)10(3)12(13)5-2/h10-12H,4-9,13H2,1-3H3. The fraction of sp³-hybridized carbons (Fsp3) is 1.00. The van der Waals surface area contributed by atoms with Gasteiger partial charge in [0.05, 0.1) is 0 Å². The first-order valence-corrected chi connectivity index (χ1v) is 6.22. The van der Waals surface area contributed by atoms with Crippen molar-refractivity contribution in [3.63, 3.8) is 0 Å². The summed E-state index contributed by atoms with van der Waals surface area (Å²) in [6.45, 7) is 8.04. The Kier molecular flexibility index (Phi) is 4.90. The molecular formula is C12H26N2. The Morgan fingerprint density at radius 2 is 2.07 bits per heavy atom. The van der Waals surface area contributed by atoms with E-state index in [1.165, 1.54) is 32.2 Å². The predicted octanol–water partition coefficient (Wildman–Crippen LogP) is 2.38. The summed E-state index contributed by atoms with van der Waals surface area (Å²) in [4.78, 5) is 2.64. The number of nitrogens with two attached hydrogens (primary N) is 1. The minimum atomic E-state index is 0.349. The number of rotatable bonds is 4. The molecule has 3 atom stereocenters. The van der Waals surface area contributed by atoms with E-state index in [4.69, 9.17) is 5.73 Å². The molecule has 1 rings (SSSR count). The van der Waals surface area contributed by atoms with Gasteiger partial charge in [-0.05, 0) is 39.2 Å². The van der Waals surface area contributed by atoms with Gasteiger partial charge >= 0.3 is 0 Å². The third-order valence-electron chi connectivity index (χ3n) is 3.76. The van der Waals surface area contributed by atoms with Crippen LogP contribution in [0.25, 0.3) is 0 Å². The zero-order valence-electron chi connectivity index (χ0n) is 10.00. The molecule has 14 heavy (non-hydrogen) atoms. The molecule has 1 aliphatic rings. The molecule has 0 bridgehead atoms. The summed E-state index contributed by atoms with van der Waals surface area (Å²) in [5.74, 6) is 0. The Morgan fingerprint density at radius 3 is 2.64 bits per heavy atom. The van der Waals surface area contributed by atoms with Crippen LogP contribution in [-0.4, -0.2) is 29.6 Å². The Hall–Kier alpha value is -0.0800. The van der Waals surface area contributed by atoms with Gasteiger partial charge in [0.25, 0.3) is 0 Å². The Morgan fingerprint density at radius 1 is 1.36 bits per heavy atom. The fourth-order valence-corrected chi connectivity index (χ4v) is 2.58. The molecule has 3 unspecified atom stereocenters. The number of nitrogens with zero attached hydrogens (tertiary/aromatic N) is 1. The van der Waals surface area contributed by atoms with E-state index in [-0.39, 0.29) is 0 Å². The molecule has 0 aromatic heterocycles. The van der Waals surface area contributed by atoms with Gasteiger partial charge in [-0.1, -0.05) is 20.3 Å². The predicted molar refractivity (Wildman–Crippen MR) is 62.4 cm³/mol. The van der Waals surface area contributed by atoms with Crippen LogP contribution >= 0.6 is 0 Å². The van der Waals surface area contributed by atoms with Gasteiger partial charge in [-0.15, -0.1) is 0 Å². The number of likely N-dealkylation sites (tertiary alicyclic amines) is 1. The minimum Gasteiger partial charge on any atom is -0.326 e. The lowest BCUT2D eigenvalue weighted by molar-refractivity contribution is 0.0856. The molecule has 84 valence electrons. The third-order valence-corrected chi connectivity index (χ3v) is 3.76. The van der Waals surface area contributed by atoms with Crippen LogP contribution in [0.15, 0.2) is 0 Å². The maximum absolute atomic E-state index is 6.12. The molecule has 0 saturated carbocycles. The van der Waals surface area contributed by atoms with Crippen molar-refractivity contribution in [2.45, 2.75) is 71.0 Å². The molecular weight excluding hydrogens is 172 g/mol. The Labute approximate surface area is 88.8 Å². The van der Waals surface area contributed by atoms with E-state index in [1.807, 2.05) is 0 Å². The summed E-state index contributed by atoms with van der Waals surface area (Å²) in [5.41, 5.74) is 6.12. The molecule has 1 aliphatic heterocycles. The zero-order chi connectivity index (χ0) is 10.6. The van der Waals surface area contributed by atoms with Gasteiger partial charge in [-0.2, -0.15) is 0 Å². The highest BCUT2D eigenvalue weighted by atomic mass is 15.2. The topological polar surface area (TPSA) is 29.3 Å². The average Bonchev–Trinajstić information content (AvgIpc) is 2.26. The van der Waals surface area contributed by atoms with E-state index < -0.39 is 0 Å². The molecule has 0 aliphatic carbocycles. The first-order valence-electron chi connectivity index (χ1n) is 6.22. The minimum absolute atomic E-state index is 0.349. The van der Waals surface area contributed by atoms with Crippen molar-refractivity contribution in [3.8, 4) is 0 Å². The van der Waals surface area contributed by atoms with E-state index in [0.717, 1.165) is 12.5 Å². The molecule has 1 heterocycles. The number of piperidine rings is 1. The van der Waals surface area contributed by atoms with Crippen molar-refractivity contribution < 1.29 is 0 Å². The SMILES string of the molecule is CCC(N)C(C)N1CCCCC1CC. The van der Waals surface area contributed by atoms with Crippen LogP contribution in [0.1, 0.15) is 52.9 Å². The van der Waals surface area contributed by atoms with Crippen LogP contribution in [0, 0.1) is 0 Å². The maximum Gasteiger partial charge on any atom is 0.0221 e. The van der Waals surface area contributed by atoms with E-state index >= 15 is 0 Å². The van der Waals surface area contributed by atoms with Crippen LogP contribution in [-0.2, 0) is 0 Å². The van der Waals surface area contributed by atoms with Crippen LogP contribution in [0.5, 0.6) is 0 Å². The second-order valence-electron chi connectivity index (χ2n) is 4.61. The quantitative estimate of drug-likeness (QED) is 0.751. The molecule has 2 N–H and O–H groups in total. The molecule has 1 saturated heterocycles. The summed E-state index contributed by atoms with van der Waals surface area (Å²) in [7, 11) is 0. The van der Waals surface area contributed by atoms with Crippen molar-refractivity contribution >= 4 is 0 Å². The van der Waals surface area contributed by atoms with Gasteiger partial charge in [0.2, 0.25) is 0 Å². The lowest BCUT2D eigenvalue weighted by Crippen LogP contribution is -2.52. The third kappa shape index (κ3) is 2.71. The van der Waals surface area contributed by atoms with Crippen molar-refractivity contribution in [3.05, 3.63) is 0 Å². The van der Waals surface area contributed by atoms with Crippen molar-refractivity contribution in [1.82, 2.24) is 4.90 Å². The van der Waals surface area contributed by atoms with Gasteiger partial charge in [-0.3, -0.25) is 4.90 Å². The van der Waals surface area contributed by atoms with Crippen LogP contribution < -0.4 is 5.73 Å². The molecule has 0 aromatic carbocycles. The monoisotopic (exact) mass is 198 g/mol. The van der Waals surface area contributed by atoms with Crippen molar-refractivity contribution in [1.29, 1.82) is 0 Å². The highest BCUT2D eigenvalue weighted by molar-refractivity contribution is 4.84. The average molecular weight is 198 g/mol. The number of hydrogen-bond acceptors (Lipinski definition) is 2. The Balaban J connectivity index is 2.53. The summed E-state index contributed by atoms with van der Waals surface area (Å²) in [6, 6.07) is 1.70. The molecule has 2 heteroatoms. The maximum atomic E-state index is 6.12. The van der Waals surface area contributed by atoms with E-state index in [1.54, 1.807) is 0 Å². The summed E-state index contributed by atoms with van der Waals surface area (Å²) >= 11 is 0.